The molecule has 6 heteroatoms. The molecule has 1 unspecified atom stereocenters. The predicted octanol–water partition coefficient (Wildman–Crippen LogP) is 4.72. The van der Waals surface area contributed by atoms with E-state index in [1.165, 1.54) is 11.0 Å². The van der Waals surface area contributed by atoms with Crippen molar-refractivity contribution in [2.45, 2.75) is 12.8 Å². The summed E-state index contributed by atoms with van der Waals surface area (Å²) >= 11 is 5.88. The molecule has 1 aromatic heterocycles. The van der Waals surface area contributed by atoms with Crippen LogP contribution in [0.25, 0.3) is 11.1 Å². The van der Waals surface area contributed by atoms with E-state index in [0.717, 1.165) is 22.4 Å². The Bertz CT molecular complexity index is 978. The average Bonchev–Trinajstić information content (AvgIpc) is 2.89. The third kappa shape index (κ3) is 2.57. The van der Waals surface area contributed by atoms with Crippen LogP contribution in [0.2, 0.25) is 5.02 Å². The van der Waals surface area contributed by atoms with E-state index < -0.39 is 5.82 Å². The van der Waals surface area contributed by atoms with Gasteiger partial charge in [0.1, 0.15) is 5.82 Å². The maximum absolute atomic E-state index is 13.4. The van der Waals surface area contributed by atoms with E-state index in [9.17, 15) is 9.18 Å². The number of rotatable bonds is 2. The van der Waals surface area contributed by atoms with Gasteiger partial charge in [0.2, 0.25) is 11.9 Å². The van der Waals surface area contributed by atoms with Gasteiger partial charge in [-0.3, -0.25) is 4.79 Å². The molecule has 0 saturated carbocycles. The van der Waals surface area contributed by atoms with Crippen molar-refractivity contribution in [2.75, 3.05) is 4.90 Å². The molecule has 1 aliphatic rings. The summed E-state index contributed by atoms with van der Waals surface area (Å²) in [5.74, 6) is -0.483. The largest absolute Gasteiger partial charge is 0.273 e. The summed E-state index contributed by atoms with van der Waals surface area (Å²) in [4.78, 5) is 22.6. The maximum atomic E-state index is 13.4. The van der Waals surface area contributed by atoms with E-state index in [0.29, 0.717) is 5.95 Å². The predicted molar refractivity (Wildman–Crippen MR) is 94.4 cm³/mol. The summed E-state index contributed by atoms with van der Waals surface area (Å²) in [6.07, 6.45) is 3.21. The van der Waals surface area contributed by atoms with Gasteiger partial charge in [0, 0.05) is 12.4 Å². The molecule has 0 fully saturated rings. The van der Waals surface area contributed by atoms with Crippen molar-refractivity contribution >= 4 is 29.1 Å². The van der Waals surface area contributed by atoms with Crippen LogP contribution in [0, 0.1) is 5.82 Å². The molecule has 1 atom stereocenters. The number of halogens is 2. The van der Waals surface area contributed by atoms with Gasteiger partial charge in [0.15, 0.2) is 0 Å². The van der Waals surface area contributed by atoms with Crippen LogP contribution in [0.4, 0.5) is 16.0 Å². The highest BCUT2D eigenvalue weighted by molar-refractivity contribution is 6.31. The third-order valence-electron chi connectivity index (χ3n) is 4.33. The molecule has 25 heavy (non-hydrogen) atoms. The van der Waals surface area contributed by atoms with Crippen molar-refractivity contribution in [3.05, 3.63) is 71.3 Å². The molecule has 1 aliphatic heterocycles. The Balaban J connectivity index is 1.81. The van der Waals surface area contributed by atoms with E-state index in [1.807, 2.05) is 25.1 Å². The van der Waals surface area contributed by atoms with Gasteiger partial charge in [0.25, 0.3) is 0 Å². The van der Waals surface area contributed by atoms with E-state index in [4.69, 9.17) is 11.6 Å². The van der Waals surface area contributed by atoms with E-state index in [-0.39, 0.29) is 16.8 Å². The normalized spacial score (nSPS) is 16.2. The summed E-state index contributed by atoms with van der Waals surface area (Å²) in [6.45, 7) is 1.85. The molecule has 2 aromatic carbocycles. The fourth-order valence-electron chi connectivity index (χ4n) is 3.02. The van der Waals surface area contributed by atoms with Gasteiger partial charge in [-0.1, -0.05) is 23.7 Å². The topological polar surface area (TPSA) is 46.1 Å². The van der Waals surface area contributed by atoms with Crippen molar-refractivity contribution in [1.29, 1.82) is 0 Å². The number of benzene rings is 2. The lowest BCUT2D eigenvalue weighted by atomic mass is 9.97. The van der Waals surface area contributed by atoms with Crippen LogP contribution in [0.15, 0.2) is 54.9 Å². The monoisotopic (exact) mass is 353 g/mol. The van der Waals surface area contributed by atoms with Gasteiger partial charge < -0.3 is 0 Å². The minimum atomic E-state index is -0.456. The van der Waals surface area contributed by atoms with Gasteiger partial charge >= 0.3 is 0 Å². The molecule has 0 spiro atoms. The first-order chi connectivity index (χ1) is 12.1. The van der Waals surface area contributed by atoms with Gasteiger partial charge in [0.05, 0.1) is 16.6 Å². The molecule has 0 aliphatic carbocycles. The number of hydrogen-bond donors (Lipinski definition) is 0. The number of fused-ring (bicyclic) bond motifs is 1. The zero-order valence-electron chi connectivity index (χ0n) is 13.3. The summed E-state index contributed by atoms with van der Waals surface area (Å²) in [5.41, 5.74) is 3.32. The lowest BCUT2D eigenvalue weighted by Gasteiger charge is -2.15. The third-order valence-corrected chi connectivity index (χ3v) is 4.62. The molecule has 4 nitrogen and oxygen atoms in total. The fraction of sp³-hybridized carbons (Fsp3) is 0.105. The minimum Gasteiger partial charge on any atom is -0.273 e. The molecule has 0 N–H and O–H groups in total. The minimum absolute atomic E-state index is 0.0708. The SMILES string of the molecule is CC1C(=O)N(c2ncccn2)c2ccc(-c3ccc(F)c(Cl)c3)cc21. The second kappa shape index (κ2) is 5.93. The van der Waals surface area contributed by atoms with Crippen molar-refractivity contribution in [2.24, 2.45) is 0 Å². The first kappa shape index (κ1) is 15.7. The second-order valence-corrected chi connectivity index (χ2v) is 6.25. The highest BCUT2D eigenvalue weighted by atomic mass is 35.5. The molecule has 4 rings (SSSR count). The Morgan fingerprint density at radius 2 is 1.76 bits per heavy atom. The van der Waals surface area contributed by atoms with Crippen molar-refractivity contribution < 1.29 is 9.18 Å². The number of anilines is 2. The number of amides is 1. The van der Waals surface area contributed by atoms with Gasteiger partial charge in [-0.15, -0.1) is 0 Å². The summed E-state index contributed by atoms with van der Waals surface area (Å²) < 4.78 is 13.4. The zero-order valence-corrected chi connectivity index (χ0v) is 14.0. The maximum Gasteiger partial charge on any atom is 0.241 e. The van der Waals surface area contributed by atoms with E-state index in [1.54, 1.807) is 30.6 Å². The van der Waals surface area contributed by atoms with Gasteiger partial charge in [-0.05, 0) is 53.9 Å². The van der Waals surface area contributed by atoms with Crippen LogP contribution >= 0.6 is 11.6 Å². The Kier molecular flexibility index (Phi) is 3.73. The lowest BCUT2D eigenvalue weighted by molar-refractivity contribution is -0.118. The van der Waals surface area contributed by atoms with Gasteiger partial charge in [-0.2, -0.15) is 0 Å². The summed E-state index contributed by atoms with van der Waals surface area (Å²) in [6, 6.07) is 12.0. The number of aromatic nitrogens is 2. The molecular formula is C19H13ClFN3O. The lowest BCUT2D eigenvalue weighted by Crippen LogP contribution is -2.24. The molecule has 1 amide bonds. The molecule has 2 heterocycles. The first-order valence-electron chi connectivity index (χ1n) is 7.76. The molecule has 3 aromatic rings. The summed E-state index contributed by atoms with van der Waals surface area (Å²) in [5, 5.41) is 0.0708. The number of nitrogens with zero attached hydrogens (tertiary/aromatic N) is 3. The molecule has 0 saturated heterocycles. The molecular weight excluding hydrogens is 341 g/mol. The summed E-state index contributed by atoms with van der Waals surface area (Å²) in [7, 11) is 0. The Morgan fingerprint density at radius 1 is 1.08 bits per heavy atom. The average molecular weight is 354 g/mol. The highest BCUT2D eigenvalue weighted by Crippen LogP contribution is 2.42. The number of hydrogen-bond acceptors (Lipinski definition) is 3. The van der Waals surface area contributed by atoms with Crippen LogP contribution in [0.1, 0.15) is 18.4 Å². The van der Waals surface area contributed by atoms with Crippen LogP contribution in [0.3, 0.4) is 0 Å². The fourth-order valence-corrected chi connectivity index (χ4v) is 3.20. The molecule has 0 bridgehead atoms. The quantitative estimate of drug-likeness (QED) is 0.669. The second-order valence-electron chi connectivity index (χ2n) is 5.85. The first-order valence-corrected chi connectivity index (χ1v) is 8.14. The van der Waals surface area contributed by atoms with Crippen LogP contribution < -0.4 is 4.90 Å². The standard InChI is InChI=1S/C19H13ClFN3O/c1-11-14-9-12(13-3-5-16(21)15(20)10-13)4-6-17(14)24(18(11)25)19-22-7-2-8-23-19/h2-11H,1H3. The van der Waals surface area contributed by atoms with Gasteiger partial charge in [-0.25, -0.2) is 19.3 Å². The Labute approximate surface area is 148 Å². The molecule has 124 valence electrons. The zero-order chi connectivity index (χ0) is 17.6. The Hall–Kier alpha value is -2.79. The van der Waals surface area contributed by atoms with Crippen molar-refractivity contribution in [3.63, 3.8) is 0 Å². The Morgan fingerprint density at radius 3 is 2.48 bits per heavy atom. The van der Waals surface area contributed by atoms with Crippen LogP contribution in [0.5, 0.6) is 0 Å². The number of carbonyl (C=O) groups excluding carboxylic acids is 1. The smallest absolute Gasteiger partial charge is 0.241 e. The van der Waals surface area contributed by atoms with Crippen molar-refractivity contribution in [1.82, 2.24) is 9.97 Å². The van der Waals surface area contributed by atoms with Crippen LogP contribution in [-0.2, 0) is 4.79 Å². The van der Waals surface area contributed by atoms with Crippen LogP contribution in [-0.4, -0.2) is 15.9 Å². The number of carbonyl (C=O) groups is 1. The van der Waals surface area contributed by atoms with E-state index >= 15 is 0 Å². The highest BCUT2D eigenvalue weighted by Gasteiger charge is 2.36. The van der Waals surface area contributed by atoms with Crippen molar-refractivity contribution in [3.8, 4) is 11.1 Å². The molecule has 0 radical (unpaired) electrons. The van der Waals surface area contributed by atoms with E-state index in [2.05, 4.69) is 9.97 Å².